The number of rotatable bonds is 4. The predicted molar refractivity (Wildman–Crippen MR) is 72.7 cm³/mol. The molecule has 1 saturated heterocycles. The van der Waals surface area contributed by atoms with Crippen LogP contribution < -0.4 is 5.32 Å². The normalized spacial score (nSPS) is 22.7. The van der Waals surface area contributed by atoms with Crippen LogP contribution in [-0.4, -0.2) is 29.2 Å². The topological polar surface area (TPSA) is 90.3 Å². The third-order valence-electron chi connectivity index (χ3n) is 3.84. The number of piperidine rings is 1. The largest absolute Gasteiger partial charge is 0.325 e. The average Bonchev–Trinajstić information content (AvgIpc) is 3.23. The van der Waals surface area contributed by atoms with Crippen LogP contribution in [0.2, 0.25) is 0 Å². The molecule has 6 heteroatoms. The number of amides is 3. The molecule has 2 atom stereocenters. The molecule has 1 aliphatic carbocycles. The van der Waals surface area contributed by atoms with Crippen molar-refractivity contribution in [1.82, 2.24) is 4.90 Å². The van der Waals surface area contributed by atoms with Gasteiger partial charge in [-0.15, -0.1) is 0 Å². The van der Waals surface area contributed by atoms with E-state index in [9.17, 15) is 14.4 Å². The highest BCUT2D eigenvalue weighted by Gasteiger charge is 2.58. The Morgan fingerprint density at radius 2 is 1.95 bits per heavy atom. The lowest BCUT2D eigenvalue weighted by atomic mass is 10.2. The van der Waals surface area contributed by atoms with Gasteiger partial charge in [0.05, 0.1) is 23.1 Å². The molecule has 3 rings (SSSR count). The Morgan fingerprint density at radius 1 is 1.29 bits per heavy atom. The average molecular weight is 283 g/mol. The number of nitrogens with zero attached hydrogens (tertiary/aromatic N) is 2. The molecule has 21 heavy (non-hydrogen) atoms. The highest BCUT2D eigenvalue weighted by molar-refractivity contribution is 6.09. The molecule has 1 aliphatic heterocycles. The van der Waals surface area contributed by atoms with Crippen LogP contribution in [0.1, 0.15) is 18.4 Å². The maximum atomic E-state index is 11.9. The van der Waals surface area contributed by atoms with Crippen molar-refractivity contribution < 1.29 is 14.4 Å². The number of carbonyl (C=O) groups is 3. The lowest BCUT2D eigenvalue weighted by Gasteiger charge is -2.16. The Hall–Kier alpha value is -2.68. The number of para-hydroxylation sites is 1. The van der Waals surface area contributed by atoms with E-state index >= 15 is 0 Å². The van der Waals surface area contributed by atoms with Gasteiger partial charge in [-0.2, -0.15) is 5.26 Å². The summed E-state index contributed by atoms with van der Waals surface area (Å²) < 4.78 is 0. The molecule has 1 aromatic rings. The molecular weight excluding hydrogens is 270 g/mol. The molecule has 0 bridgehead atoms. The zero-order valence-corrected chi connectivity index (χ0v) is 11.2. The number of nitriles is 1. The molecule has 0 radical (unpaired) electrons. The zero-order valence-electron chi connectivity index (χ0n) is 11.2. The smallest absolute Gasteiger partial charge is 0.233 e. The van der Waals surface area contributed by atoms with E-state index in [4.69, 9.17) is 5.26 Å². The molecule has 6 nitrogen and oxygen atoms in total. The molecule has 2 unspecified atom stereocenters. The number of hydrogen-bond donors (Lipinski definition) is 1. The third-order valence-corrected chi connectivity index (χ3v) is 3.84. The molecule has 0 aromatic heterocycles. The van der Waals surface area contributed by atoms with Gasteiger partial charge >= 0.3 is 0 Å². The molecule has 106 valence electrons. The van der Waals surface area contributed by atoms with Gasteiger partial charge in [0.2, 0.25) is 17.7 Å². The summed E-state index contributed by atoms with van der Waals surface area (Å²) in [7, 11) is 0. The Kier molecular flexibility index (Phi) is 3.18. The molecule has 1 aromatic carbocycles. The van der Waals surface area contributed by atoms with Gasteiger partial charge in [0, 0.05) is 13.0 Å². The second-order valence-electron chi connectivity index (χ2n) is 5.23. The third kappa shape index (κ3) is 2.38. The number of benzene rings is 1. The monoisotopic (exact) mass is 283 g/mol. The van der Waals surface area contributed by atoms with Crippen molar-refractivity contribution >= 4 is 23.4 Å². The van der Waals surface area contributed by atoms with Crippen molar-refractivity contribution in [2.45, 2.75) is 12.8 Å². The summed E-state index contributed by atoms with van der Waals surface area (Å²) in [4.78, 5) is 36.6. The van der Waals surface area contributed by atoms with Crippen LogP contribution in [0.5, 0.6) is 0 Å². The van der Waals surface area contributed by atoms with E-state index in [-0.39, 0.29) is 42.5 Å². The van der Waals surface area contributed by atoms with Crippen molar-refractivity contribution in [3.8, 4) is 6.07 Å². The summed E-state index contributed by atoms with van der Waals surface area (Å²) in [5.74, 6) is -0.913. The first-order chi connectivity index (χ1) is 10.1. The number of hydrogen-bond acceptors (Lipinski definition) is 4. The van der Waals surface area contributed by atoms with Crippen LogP contribution in [0.3, 0.4) is 0 Å². The number of imide groups is 1. The van der Waals surface area contributed by atoms with Gasteiger partial charge in [-0.05, 0) is 18.6 Å². The minimum Gasteiger partial charge on any atom is -0.325 e. The SMILES string of the molecule is N#Cc1ccccc1NC(=O)CCN1C(=O)C2CC2C1=O. The molecule has 0 spiro atoms. The minimum atomic E-state index is -0.320. The van der Waals surface area contributed by atoms with Crippen LogP contribution in [-0.2, 0) is 14.4 Å². The summed E-state index contributed by atoms with van der Waals surface area (Å²) in [5, 5.41) is 11.6. The van der Waals surface area contributed by atoms with Gasteiger partial charge in [-0.25, -0.2) is 0 Å². The predicted octanol–water partition coefficient (Wildman–Crippen LogP) is 0.892. The fraction of sp³-hybridized carbons (Fsp3) is 0.333. The number of nitrogens with one attached hydrogen (secondary N) is 1. The van der Waals surface area contributed by atoms with Crippen LogP contribution in [0.4, 0.5) is 5.69 Å². The molecule has 2 aliphatic rings. The summed E-state index contributed by atoms with van der Waals surface area (Å²) in [6.07, 6.45) is 0.701. The van der Waals surface area contributed by atoms with Crippen molar-refractivity contribution in [2.75, 3.05) is 11.9 Å². The zero-order chi connectivity index (χ0) is 15.0. The van der Waals surface area contributed by atoms with Gasteiger partial charge in [-0.1, -0.05) is 12.1 Å². The lowest BCUT2D eigenvalue weighted by Crippen LogP contribution is -2.35. The van der Waals surface area contributed by atoms with Crippen molar-refractivity contribution in [3.63, 3.8) is 0 Å². The van der Waals surface area contributed by atoms with Crippen molar-refractivity contribution in [2.24, 2.45) is 11.8 Å². The van der Waals surface area contributed by atoms with Crippen LogP contribution >= 0.6 is 0 Å². The number of anilines is 1. The Labute approximate surface area is 121 Å². The Bertz CT molecular complexity index is 657. The first kappa shape index (κ1) is 13.3. The molecule has 1 N–H and O–H groups in total. The van der Waals surface area contributed by atoms with Gasteiger partial charge in [0.25, 0.3) is 0 Å². The fourth-order valence-corrected chi connectivity index (χ4v) is 2.59. The van der Waals surface area contributed by atoms with Gasteiger partial charge in [-0.3, -0.25) is 19.3 Å². The van der Waals surface area contributed by atoms with Crippen molar-refractivity contribution in [3.05, 3.63) is 29.8 Å². The highest BCUT2D eigenvalue weighted by atomic mass is 16.2. The first-order valence-electron chi connectivity index (χ1n) is 6.76. The number of likely N-dealkylation sites (tertiary alicyclic amines) is 1. The maximum Gasteiger partial charge on any atom is 0.233 e. The summed E-state index contributed by atoms with van der Waals surface area (Å²) in [5.41, 5.74) is 0.812. The summed E-state index contributed by atoms with van der Waals surface area (Å²) in [6.45, 7) is 0.102. The molecule has 1 heterocycles. The lowest BCUT2D eigenvalue weighted by molar-refractivity contribution is -0.141. The van der Waals surface area contributed by atoms with E-state index in [1.807, 2.05) is 6.07 Å². The van der Waals surface area contributed by atoms with Crippen LogP contribution in [0.15, 0.2) is 24.3 Å². The molecule has 2 fully saturated rings. The van der Waals surface area contributed by atoms with Crippen LogP contribution in [0.25, 0.3) is 0 Å². The summed E-state index contributed by atoms with van der Waals surface area (Å²) >= 11 is 0. The molecule has 1 saturated carbocycles. The van der Waals surface area contributed by atoms with E-state index in [0.717, 1.165) is 0 Å². The van der Waals surface area contributed by atoms with Crippen LogP contribution in [0, 0.1) is 23.2 Å². The van der Waals surface area contributed by atoms with Gasteiger partial charge < -0.3 is 5.32 Å². The standard InChI is InChI=1S/C15H13N3O3/c16-8-9-3-1-2-4-12(9)17-13(19)5-6-18-14(20)10-7-11(10)15(18)21/h1-4,10-11H,5-7H2,(H,17,19). The molecular formula is C15H13N3O3. The second-order valence-corrected chi connectivity index (χ2v) is 5.23. The second kappa shape index (κ2) is 5.02. The van der Waals surface area contributed by atoms with Crippen molar-refractivity contribution in [1.29, 1.82) is 5.26 Å². The first-order valence-corrected chi connectivity index (χ1v) is 6.76. The fourth-order valence-electron chi connectivity index (χ4n) is 2.59. The quantitative estimate of drug-likeness (QED) is 0.831. The molecule has 3 amide bonds. The summed E-state index contributed by atoms with van der Waals surface area (Å²) in [6, 6.07) is 8.67. The Morgan fingerprint density at radius 3 is 2.62 bits per heavy atom. The van der Waals surface area contributed by atoms with E-state index in [0.29, 0.717) is 17.7 Å². The van der Waals surface area contributed by atoms with Gasteiger partial charge in [0.1, 0.15) is 6.07 Å². The van der Waals surface area contributed by atoms with E-state index < -0.39 is 0 Å². The maximum absolute atomic E-state index is 11.9. The number of fused-ring (bicyclic) bond motifs is 1. The Balaban J connectivity index is 1.57. The highest BCUT2D eigenvalue weighted by Crippen LogP contribution is 2.46. The van der Waals surface area contributed by atoms with E-state index in [2.05, 4.69) is 5.32 Å². The van der Waals surface area contributed by atoms with E-state index in [1.54, 1.807) is 24.3 Å². The minimum absolute atomic E-state index is 0.0384. The van der Waals surface area contributed by atoms with E-state index in [1.165, 1.54) is 4.90 Å². The number of carbonyl (C=O) groups excluding carboxylic acids is 3. The van der Waals surface area contributed by atoms with Gasteiger partial charge in [0.15, 0.2) is 0 Å².